The van der Waals surface area contributed by atoms with Gasteiger partial charge in [0, 0.05) is 42.1 Å². The van der Waals surface area contributed by atoms with Crippen LogP contribution in [-0.4, -0.2) is 46.7 Å². The highest BCUT2D eigenvalue weighted by molar-refractivity contribution is 5.81. The van der Waals surface area contributed by atoms with Gasteiger partial charge in [-0.1, -0.05) is 6.07 Å². The standard InChI is InChI=1S/C20H28N2O3/c1-19(24)10-15(11-19)18(23)22-12-20(13-22)8-6-14(7-9-20)16-4-3-5-17(21-16)25-2/h3-5,14-15,24H,6-13H2,1-2H3/t15-,19+. The van der Waals surface area contributed by atoms with E-state index in [4.69, 9.17) is 4.74 Å². The molecule has 136 valence electrons. The minimum Gasteiger partial charge on any atom is -0.481 e. The number of likely N-dealkylation sites (tertiary alicyclic amines) is 1. The largest absolute Gasteiger partial charge is 0.481 e. The van der Waals surface area contributed by atoms with Crippen molar-refractivity contribution in [3.05, 3.63) is 23.9 Å². The fourth-order valence-corrected chi connectivity index (χ4v) is 4.97. The Balaban J connectivity index is 1.29. The van der Waals surface area contributed by atoms with Crippen LogP contribution in [0.4, 0.5) is 0 Å². The quantitative estimate of drug-likeness (QED) is 0.916. The van der Waals surface area contributed by atoms with E-state index in [1.165, 1.54) is 12.8 Å². The van der Waals surface area contributed by atoms with Gasteiger partial charge in [0.25, 0.3) is 0 Å². The Hall–Kier alpha value is -1.62. The fourth-order valence-electron chi connectivity index (χ4n) is 4.97. The van der Waals surface area contributed by atoms with Gasteiger partial charge in [0.2, 0.25) is 11.8 Å². The van der Waals surface area contributed by atoms with Gasteiger partial charge in [0.1, 0.15) is 0 Å². The highest BCUT2D eigenvalue weighted by atomic mass is 16.5. The molecule has 1 spiro atoms. The number of ether oxygens (including phenoxy) is 1. The summed E-state index contributed by atoms with van der Waals surface area (Å²) in [6.45, 7) is 3.63. The Morgan fingerprint density at radius 1 is 1.28 bits per heavy atom. The lowest BCUT2D eigenvalue weighted by Crippen LogP contribution is -2.62. The molecule has 4 rings (SSSR count). The Bertz CT molecular complexity index is 649. The Kier molecular flexibility index (Phi) is 4.02. The van der Waals surface area contributed by atoms with E-state index in [1.54, 1.807) is 7.11 Å². The van der Waals surface area contributed by atoms with Crippen molar-refractivity contribution in [1.29, 1.82) is 0 Å². The summed E-state index contributed by atoms with van der Waals surface area (Å²) in [5, 5.41) is 9.84. The van der Waals surface area contributed by atoms with Crippen LogP contribution in [0.5, 0.6) is 5.88 Å². The third-order valence-electron chi connectivity index (χ3n) is 6.50. The van der Waals surface area contributed by atoms with Crippen LogP contribution in [0, 0.1) is 11.3 Å². The third kappa shape index (κ3) is 3.14. The van der Waals surface area contributed by atoms with Crippen LogP contribution >= 0.6 is 0 Å². The molecule has 1 saturated heterocycles. The van der Waals surface area contributed by atoms with E-state index in [-0.39, 0.29) is 11.8 Å². The topological polar surface area (TPSA) is 62.7 Å². The fraction of sp³-hybridized carbons (Fsp3) is 0.700. The monoisotopic (exact) mass is 344 g/mol. The number of rotatable bonds is 3. The van der Waals surface area contributed by atoms with E-state index in [9.17, 15) is 9.90 Å². The smallest absolute Gasteiger partial charge is 0.225 e. The molecule has 2 saturated carbocycles. The zero-order valence-corrected chi connectivity index (χ0v) is 15.2. The number of hydrogen-bond donors (Lipinski definition) is 1. The molecule has 1 aromatic rings. The molecule has 0 aromatic carbocycles. The summed E-state index contributed by atoms with van der Waals surface area (Å²) in [5.74, 6) is 1.50. The molecule has 1 aromatic heterocycles. The van der Waals surface area contributed by atoms with Crippen LogP contribution in [-0.2, 0) is 4.79 Å². The molecule has 25 heavy (non-hydrogen) atoms. The molecular weight excluding hydrogens is 316 g/mol. The van der Waals surface area contributed by atoms with Gasteiger partial charge in [0.05, 0.1) is 12.7 Å². The van der Waals surface area contributed by atoms with E-state index < -0.39 is 5.60 Å². The predicted molar refractivity (Wildman–Crippen MR) is 94.4 cm³/mol. The van der Waals surface area contributed by atoms with Crippen LogP contribution in [0.25, 0.3) is 0 Å². The molecule has 1 aliphatic heterocycles. The molecule has 2 heterocycles. The van der Waals surface area contributed by atoms with E-state index in [0.29, 0.717) is 30.1 Å². The normalized spacial score (nSPS) is 31.3. The molecule has 2 aliphatic carbocycles. The number of aliphatic hydroxyl groups is 1. The lowest BCUT2D eigenvalue weighted by Gasteiger charge is -2.55. The minimum atomic E-state index is -0.620. The second-order valence-corrected chi connectivity index (χ2v) is 8.68. The number of carbonyl (C=O) groups is 1. The molecule has 1 amide bonds. The summed E-state index contributed by atoms with van der Waals surface area (Å²) in [6.07, 6.45) is 5.87. The number of amides is 1. The summed E-state index contributed by atoms with van der Waals surface area (Å²) in [5.41, 5.74) is 0.847. The Labute approximate surface area is 149 Å². The first-order valence-corrected chi connectivity index (χ1v) is 9.42. The van der Waals surface area contributed by atoms with Gasteiger partial charge in [-0.3, -0.25) is 4.79 Å². The zero-order valence-electron chi connectivity index (χ0n) is 15.2. The van der Waals surface area contributed by atoms with Gasteiger partial charge in [-0.15, -0.1) is 0 Å². The van der Waals surface area contributed by atoms with Crippen LogP contribution < -0.4 is 4.74 Å². The Morgan fingerprint density at radius 2 is 1.96 bits per heavy atom. The average Bonchev–Trinajstić information content (AvgIpc) is 2.57. The first-order chi connectivity index (χ1) is 11.9. The maximum Gasteiger partial charge on any atom is 0.225 e. The second-order valence-electron chi connectivity index (χ2n) is 8.68. The number of methoxy groups -OCH3 is 1. The number of carbonyl (C=O) groups excluding carboxylic acids is 1. The number of hydrogen-bond acceptors (Lipinski definition) is 4. The molecular formula is C20H28N2O3. The van der Waals surface area contributed by atoms with Gasteiger partial charge >= 0.3 is 0 Å². The van der Waals surface area contributed by atoms with Crippen molar-refractivity contribution in [3.8, 4) is 5.88 Å². The summed E-state index contributed by atoms with van der Waals surface area (Å²) in [7, 11) is 1.66. The van der Waals surface area contributed by atoms with E-state index in [0.717, 1.165) is 31.6 Å². The third-order valence-corrected chi connectivity index (χ3v) is 6.50. The lowest BCUT2D eigenvalue weighted by atomic mass is 9.64. The molecule has 3 aliphatic rings. The maximum absolute atomic E-state index is 12.5. The van der Waals surface area contributed by atoms with Gasteiger partial charge in [-0.25, -0.2) is 4.98 Å². The second kappa shape index (κ2) is 5.97. The summed E-state index contributed by atoms with van der Waals surface area (Å²) < 4.78 is 5.24. The average molecular weight is 344 g/mol. The van der Waals surface area contributed by atoms with Gasteiger partial charge in [-0.2, -0.15) is 0 Å². The molecule has 5 nitrogen and oxygen atoms in total. The van der Waals surface area contributed by atoms with Crippen molar-refractivity contribution >= 4 is 5.91 Å². The summed E-state index contributed by atoms with van der Waals surface area (Å²) >= 11 is 0. The highest BCUT2D eigenvalue weighted by Crippen LogP contribution is 2.49. The van der Waals surface area contributed by atoms with Crippen molar-refractivity contribution in [2.45, 2.75) is 57.0 Å². The zero-order chi connectivity index (χ0) is 17.7. The Morgan fingerprint density at radius 3 is 2.56 bits per heavy atom. The van der Waals surface area contributed by atoms with Crippen molar-refractivity contribution in [1.82, 2.24) is 9.88 Å². The van der Waals surface area contributed by atoms with Crippen molar-refractivity contribution in [2.24, 2.45) is 11.3 Å². The maximum atomic E-state index is 12.5. The molecule has 0 bridgehead atoms. The lowest BCUT2D eigenvalue weighted by molar-refractivity contribution is -0.163. The number of aromatic nitrogens is 1. The summed E-state index contributed by atoms with van der Waals surface area (Å²) in [6, 6.07) is 6.01. The van der Waals surface area contributed by atoms with Crippen molar-refractivity contribution in [2.75, 3.05) is 20.2 Å². The SMILES string of the molecule is COc1cccc(C2CCC3(CC2)CN(C(=O)[C@H]2C[C@@](C)(O)C2)C3)n1. The van der Waals surface area contributed by atoms with Gasteiger partial charge in [0.15, 0.2) is 0 Å². The van der Waals surface area contributed by atoms with E-state index in [2.05, 4.69) is 11.1 Å². The van der Waals surface area contributed by atoms with E-state index in [1.807, 2.05) is 24.0 Å². The molecule has 5 heteroatoms. The number of nitrogens with zero attached hydrogens (tertiary/aromatic N) is 2. The van der Waals surface area contributed by atoms with Crippen LogP contribution in [0.3, 0.4) is 0 Å². The van der Waals surface area contributed by atoms with Gasteiger partial charge < -0.3 is 14.7 Å². The minimum absolute atomic E-state index is 0.0460. The molecule has 3 fully saturated rings. The first kappa shape index (κ1) is 16.8. The van der Waals surface area contributed by atoms with Crippen molar-refractivity contribution in [3.63, 3.8) is 0 Å². The summed E-state index contributed by atoms with van der Waals surface area (Å²) in [4.78, 5) is 19.1. The highest BCUT2D eigenvalue weighted by Gasteiger charge is 2.51. The number of pyridine rings is 1. The molecule has 0 unspecified atom stereocenters. The van der Waals surface area contributed by atoms with Crippen LogP contribution in [0.1, 0.15) is 57.1 Å². The molecule has 1 N–H and O–H groups in total. The first-order valence-electron chi connectivity index (χ1n) is 9.42. The van der Waals surface area contributed by atoms with Crippen LogP contribution in [0.2, 0.25) is 0 Å². The van der Waals surface area contributed by atoms with E-state index >= 15 is 0 Å². The van der Waals surface area contributed by atoms with Crippen LogP contribution in [0.15, 0.2) is 18.2 Å². The van der Waals surface area contributed by atoms with Gasteiger partial charge in [-0.05, 0) is 51.5 Å². The predicted octanol–water partition coefficient (Wildman–Crippen LogP) is 2.74. The van der Waals surface area contributed by atoms with Crippen molar-refractivity contribution < 1.29 is 14.6 Å². The molecule has 0 atom stereocenters. The molecule has 0 radical (unpaired) electrons.